The molecule has 0 bridgehead atoms. The molecule has 1 aliphatic heterocycles. The van der Waals surface area contributed by atoms with Gasteiger partial charge in [-0.3, -0.25) is 19.3 Å². The molecule has 2 aromatic rings. The Morgan fingerprint density at radius 2 is 1.78 bits per heavy atom. The fourth-order valence-electron chi connectivity index (χ4n) is 3.29. The molecule has 27 heavy (non-hydrogen) atoms. The Bertz CT molecular complexity index is 890. The lowest BCUT2D eigenvalue weighted by Crippen LogP contribution is -2.43. The summed E-state index contributed by atoms with van der Waals surface area (Å²) >= 11 is 0. The molecule has 1 aliphatic rings. The molecule has 140 valence electrons. The second kappa shape index (κ2) is 7.32. The van der Waals surface area contributed by atoms with Crippen molar-refractivity contribution in [3.05, 3.63) is 65.2 Å². The smallest absolute Gasteiger partial charge is 0.325 e. The molecular formula is C21H21NO5. The fourth-order valence-corrected chi connectivity index (χ4v) is 3.29. The molecule has 1 heterocycles. The van der Waals surface area contributed by atoms with E-state index in [0.717, 1.165) is 16.9 Å². The number of aryl methyl sites for hydroxylation is 1. The Hall–Kier alpha value is -2.99. The van der Waals surface area contributed by atoms with E-state index < -0.39 is 23.9 Å². The summed E-state index contributed by atoms with van der Waals surface area (Å²) in [4.78, 5) is 38.5. The monoisotopic (exact) mass is 367 g/mol. The Kier molecular flexibility index (Phi) is 5.10. The average molecular weight is 367 g/mol. The van der Waals surface area contributed by atoms with Crippen LogP contribution in [0.2, 0.25) is 0 Å². The molecule has 6 nitrogen and oxygen atoms in total. The minimum absolute atomic E-state index is 0.317. The largest absolute Gasteiger partial charge is 0.468 e. The number of carbonyl (C=O) groups excluding carboxylic acids is 3. The van der Waals surface area contributed by atoms with E-state index in [4.69, 9.17) is 0 Å². The minimum Gasteiger partial charge on any atom is -0.468 e. The molecule has 0 saturated carbocycles. The molecule has 3 rings (SSSR count). The van der Waals surface area contributed by atoms with Crippen molar-refractivity contribution in [1.29, 1.82) is 0 Å². The first-order valence-corrected chi connectivity index (χ1v) is 8.73. The normalized spacial score (nSPS) is 18.3. The van der Waals surface area contributed by atoms with Gasteiger partial charge in [0.05, 0.1) is 19.2 Å². The number of hydrogen-bond acceptors (Lipinski definition) is 5. The summed E-state index contributed by atoms with van der Waals surface area (Å²) in [6.45, 7) is 1.69. The Morgan fingerprint density at radius 1 is 1.11 bits per heavy atom. The van der Waals surface area contributed by atoms with Crippen LogP contribution in [0.25, 0.3) is 0 Å². The highest BCUT2D eigenvalue weighted by Crippen LogP contribution is 2.42. The Morgan fingerprint density at radius 3 is 2.41 bits per heavy atom. The van der Waals surface area contributed by atoms with Crippen molar-refractivity contribution in [2.45, 2.75) is 25.4 Å². The number of para-hydroxylation sites is 1. The first kappa shape index (κ1) is 18.8. The van der Waals surface area contributed by atoms with Crippen molar-refractivity contribution in [3.8, 4) is 0 Å². The van der Waals surface area contributed by atoms with Crippen molar-refractivity contribution in [2.75, 3.05) is 18.6 Å². The maximum absolute atomic E-state index is 12.9. The number of fused-ring (bicyclic) bond motifs is 1. The van der Waals surface area contributed by atoms with Crippen LogP contribution in [0.3, 0.4) is 0 Å². The second-order valence-corrected chi connectivity index (χ2v) is 6.50. The number of rotatable bonds is 6. The number of anilines is 1. The molecule has 0 radical (unpaired) electrons. The van der Waals surface area contributed by atoms with Gasteiger partial charge in [0.15, 0.2) is 11.4 Å². The van der Waals surface area contributed by atoms with Crippen molar-refractivity contribution < 1.29 is 24.2 Å². The van der Waals surface area contributed by atoms with Gasteiger partial charge in [-0.25, -0.2) is 0 Å². The van der Waals surface area contributed by atoms with E-state index in [-0.39, 0.29) is 12.3 Å². The maximum Gasteiger partial charge on any atom is 0.325 e. The number of carbonyl (C=O) groups is 3. The first-order valence-electron chi connectivity index (χ1n) is 8.73. The molecule has 0 saturated heterocycles. The highest BCUT2D eigenvalue weighted by atomic mass is 16.5. The molecule has 1 atom stereocenters. The number of nitrogens with zero attached hydrogens (tertiary/aromatic N) is 1. The van der Waals surface area contributed by atoms with Gasteiger partial charge in [-0.1, -0.05) is 49.4 Å². The van der Waals surface area contributed by atoms with Crippen molar-refractivity contribution in [1.82, 2.24) is 0 Å². The SMILES string of the molecule is CCc1ccc(C(=O)C[C@]2(O)C(=O)N(CC(=O)OC)c3ccccc32)cc1. The van der Waals surface area contributed by atoms with Crippen LogP contribution in [0.5, 0.6) is 0 Å². The summed E-state index contributed by atoms with van der Waals surface area (Å²) in [6, 6.07) is 13.7. The van der Waals surface area contributed by atoms with Crippen LogP contribution in [0, 0.1) is 0 Å². The summed E-state index contributed by atoms with van der Waals surface area (Å²) < 4.78 is 4.63. The quantitative estimate of drug-likeness (QED) is 0.625. The molecule has 1 amide bonds. The van der Waals surface area contributed by atoms with Gasteiger partial charge >= 0.3 is 5.97 Å². The molecule has 0 aromatic heterocycles. The molecule has 0 aliphatic carbocycles. The van der Waals surface area contributed by atoms with Crippen LogP contribution in [-0.4, -0.2) is 36.4 Å². The van der Waals surface area contributed by atoms with Gasteiger partial charge < -0.3 is 9.84 Å². The van der Waals surface area contributed by atoms with Gasteiger partial charge in [0, 0.05) is 11.1 Å². The van der Waals surface area contributed by atoms with Gasteiger partial charge in [0.2, 0.25) is 0 Å². The van der Waals surface area contributed by atoms with Gasteiger partial charge in [0.25, 0.3) is 5.91 Å². The first-order chi connectivity index (χ1) is 12.9. The lowest BCUT2D eigenvalue weighted by molar-refractivity contribution is -0.142. The number of hydrogen-bond donors (Lipinski definition) is 1. The predicted molar refractivity (Wildman–Crippen MR) is 99.5 cm³/mol. The van der Waals surface area contributed by atoms with E-state index >= 15 is 0 Å². The van der Waals surface area contributed by atoms with Crippen molar-refractivity contribution in [3.63, 3.8) is 0 Å². The van der Waals surface area contributed by atoms with Gasteiger partial charge in [-0.05, 0) is 18.1 Å². The fraction of sp³-hybridized carbons (Fsp3) is 0.286. The number of benzene rings is 2. The molecular weight excluding hydrogens is 346 g/mol. The number of Topliss-reactive ketones (excluding diaryl/α,β-unsaturated/α-hetero) is 1. The third-order valence-electron chi connectivity index (χ3n) is 4.85. The zero-order valence-corrected chi connectivity index (χ0v) is 15.3. The summed E-state index contributed by atoms with van der Waals surface area (Å²) in [5.41, 5.74) is 0.238. The van der Waals surface area contributed by atoms with Crippen molar-refractivity contribution in [2.24, 2.45) is 0 Å². The standard InChI is InChI=1S/C21H21NO5/c1-3-14-8-10-15(11-9-14)18(23)12-21(26)16-6-4-5-7-17(16)22(20(21)25)13-19(24)27-2/h4-11,26H,3,12-13H2,1-2H3/t21-/m1/s1. The van der Waals surface area contributed by atoms with Crippen LogP contribution in [0.4, 0.5) is 5.69 Å². The van der Waals surface area contributed by atoms with Gasteiger partial charge in [-0.15, -0.1) is 0 Å². The van der Waals surface area contributed by atoms with E-state index in [2.05, 4.69) is 4.74 Å². The number of ketones is 1. The lowest BCUT2D eigenvalue weighted by atomic mass is 9.88. The van der Waals surface area contributed by atoms with E-state index in [1.165, 1.54) is 7.11 Å². The van der Waals surface area contributed by atoms with Crippen LogP contribution >= 0.6 is 0 Å². The molecule has 2 aromatic carbocycles. The van der Waals surface area contributed by atoms with E-state index in [0.29, 0.717) is 16.8 Å². The summed E-state index contributed by atoms with van der Waals surface area (Å²) in [7, 11) is 1.23. The van der Waals surface area contributed by atoms with Gasteiger partial charge in [-0.2, -0.15) is 0 Å². The lowest BCUT2D eigenvalue weighted by Gasteiger charge is -2.22. The summed E-state index contributed by atoms with van der Waals surface area (Å²) in [5, 5.41) is 11.1. The van der Waals surface area contributed by atoms with Gasteiger partial charge in [0.1, 0.15) is 6.54 Å². The van der Waals surface area contributed by atoms with Crippen LogP contribution < -0.4 is 4.90 Å². The van der Waals surface area contributed by atoms with Crippen LogP contribution in [0.1, 0.15) is 34.8 Å². The number of aliphatic hydroxyl groups is 1. The van der Waals surface area contributed by atoms with Crippen LogP contribution in [0.15, 0.2) is 48.5 Å². The average Bonchev–Trinajstić information content (AvgIpc) is 2.90. The third-order valence-corrected chi connectivity index (χ3v) is 4.85. The zero-order chi connectivity index (χ0) is 19.6. The van der Waals surface area contributed by atoms with E-state index in [9.17, 15) is 19.5 Å². The van der Waals surface area contributed by atoms with E-state index in [1.807, 2.05) is 19.1 Å². The number of esters is 1. The molecule has 0 fully saturated rings. The molecule has 6 heteroatoms. The van der Waals surface area contributed by atoms with Crippen LogP contribution in [-0.2, 0) is 26.3 Å². The summed E-state index contributed by atoms with van der Waals surface area (Å²) in [5.74, 6) is -1.65. The molecule has 0 spiro atoms. The zero-order valence-electron chi connectivity index (χ0n) is 15.3. The molecule has 0 unspecified atom stereocenters. The van der Waals surface area contributed by atoms with E-state index in [1.54, 1.807) is 36.4 Å². The summed E-state index contributed by atoms with van der Waals surface area (Å²) in [6.07, 6.45) is 0.457. The predicted octanol–water partition coefficient (Wildman–Crippen LogP) is 2.23. The molecule has 1 N–H and O–H groups in total. The Balaban J connectivity index is 1.92. The maximum atomic E-state index is 12.9. The number of methoxy groups -OCH3 is 1. The van der Waals surface area contributed by atoms with Crippen molar-refractivity contribution >= 4 is 23.3 Å². The number of ether oxygens (including phenoxy) is 1. The third kappa shape index (κ3) is 3.36. The highest BCUT2D eigenvalue weighted by Gasteiger charge is 2.51. The number of amides is 1. The minimum atomic E-state index is -2.01. The second-order valence-electron chi connectivity index (χ2n) is 6.50. The highest BCUT2D eigenvalue weighted by molar-refractivity contribution is 6.12. The topological polar surface area (TPSA) is 83.9 Å². The Labute approximate surface area is 157 Å².